The number of fused-ring (bicyclic) bond motifs is 3. The van der Waals surface area contributed by atoms with Gasteiger partial charge in [0.05, 0.1) is 29.5 Å². The highest BCUT2D eigenvalue weighted by Gasteiger charge is 2.20. The van der Waals surface area contributed by atoms with E-state index in [-0.39, 0.29) is 0 Å². The van der Waals surface area contributed by atoms with Crippen LogP contribution in [0.4, 0.5) is 0 Å². The van der Waals surface area contributed by atoms with Crippen molar-refractivity contribution in [2.75, 3.05) is 0 Å². The standard InChI is InChI=1S/C73H51N5S/c1-48-69(46-75-77(48)59-23-8-4-9-24-59)65-31-16-14-29-63(65)57-40-56(41-58(42-57)64-30-15-17-32-66(64)70-47-76-78(49(70)2)60-25-10-5-11-26-60)62-28-13-12-27-61(62)55-35-38-71(74-45-55)54-22-18-21-51(39-54)53-34-37-68-67-36-33-52(50-19-6-3-7-20-50)43-72(67)79-73(68)44-53/h3-47H,1-2H3. The summed E-state index contributed by atoms with van der Waals surface area (Å²) in [6.45, 7) is 4.31. The first kappa shape index (κ1) is 47.4. The molecule has 0 saturated heterocycles. The van der Waals surface area contributed by atoms with E-state index in [1.165, 1.54) is 36.9 Å². The fourth-order valence-electron chi connectivity index (χ4n) is 11.4. The van der Waals surface area contributed by atoms with Crippen LogP contribution < -0.4 is 0 Å². The first-order valence-electron chi connectivity index (χ1n) is 26.7. The molecule has 0 bridgehead atoms. The first-order valence-corrected chi connectivity index (χ1v) is 27.5. The van der Waals surface area contributed by atoms with Crippen molar-refractivity contribution < 1.29 is 0 Å². The number of aromatic nitrogens is 5. The Kier molecular flexibility index (Phi) is 12.1. The summed E-state index contributed by atoms with van der Waals surface area (Å²) in [4.78, 5) is 5.18. The van der Waals surface area contributed by atoms with Gasteiger partial charge in [0.15, 0.2) is 0 Å². The zero-order chi connectivity index (χ0) is 52.8. The molecule has 10 aromatic carbocycles. The Morgan fingerprint density at radius 3 is 1.15 bits per heavy atom. The number of para-hydroxylation sites is 2. The number of benzene rings is 10. The molecule has 0 aliphatic carbocycles. The van der Waals surface area contributed by atoms with Crippen molar-refractivity contribution >= 4 is 31.5 Å². The molecule has 0 unspecified atom stereocenters. The molecule has 14 aromatic rings. The molecule has 4 aromatic heterocycles. The number of pyridine rings is 1. The van der Waals surface area contributed by atoms with Crippen molar-refractivity contribution in [2.45, 2.75) is 13.8 Å². The lowest BCUT2D eigenvalue weighted by molar-refractivity contribution is 0.847. The highest BCUT2D eigenvalue weighted by Crippen LogP contribution is 2.44. The van der Waals surface area contributed by atoms with Crippen molar-refractivity contribution in [1.82, 2.24) is 24.5 Å². The van der Waals surface area contributed by atoms with E-state index < -0.39 is 0 Å². The van der Waals surface area contributed by atoms with Gasteiger partial charge in [-0.15, -0.1) is 11.3 Å². The van der Waals surface area contributed by atoms with Crippen molar-refractivity contribution in [3.8, 4) is 112 Å². The van der Waals surface area contributed by atoms with E-state index in [2.05, 4.69) is 257 Å². The zero-order valence-corrected chi connectivity index (χ0v) is 44.4. The Labute approximate surface area is 463 Å². The third-order valence-corrected chi connectivity index (χ3v) is 16.5. The van der Waals surface area contributed by atoms with Gasteiger partial charge in [-0.3, -0.25) is 4.98 Å². The second kappa shape index (κ2) is 20.2. The van der Waals surface area contributed by atoms with Gasteiger partial charge in [-0.25, -0.2) is 9.36 Å². The van der Waals surface area contributed by atoms with E-state index in [0.717, 1.165) is 106 Å². The molecule has 0 fully saturated rings. The van der Waals surface area contributed by atoms with E-state index in [1.807, 2.05) is 51.4 Å². The summed E-state index contributed by atoms with van der Waals surface area (Å²) in [6.07, 6.45) is 6.04. The number of nitrogens with zero attached hydrogens (tertiary/aromatic N) is 5. The van der Waals surface area contributed by atoms with Crippen LogP contribution in [-0.4, -0.2) is 24.5 Å². The predicted molar refractivity (Wildman–Crippen MR) is 330 cm³/mol. The molecule has 0 atom stereocenters. The summed E-state index contributed by atoms with van der Waals surface area (Å²) in [6, 6.07) is 91.4. The third kappa shape index (κ3) is 8.84. The van der Waals surface area contributed by atoms with Crippen LogP contribution in [0.3, 0.4) is 0 Å². The van der Waals surface area contributed by atoms with Crippen molar-refractivity contribution in [3.05, 3.63) is 285 Å². The second-order valence-corrected chi connectivity index (χ2v) is 21.2. The topological polar surface area (TPSA) is 48.5 Å². The zero-order valence-electron chi connectivity index (χ0n) is 43.6. The summed E-state index contributed by atoms with van der Waals surface area (Å²) in [5.74, 6) is 0. The number of rotatable bonds is 11. The number of hydrogen-bond donors (Lipinski definition) is 0. The number of hydrogen-bond acceptors (Lipinski definition) is 4. The van der Waals surface area contributed by atoms with E-state index in [0.29, 0.717) is 0 Å². The third-order valence-electron chi connectivity index (χ3n) is 15.4. The van der Waals surface area contributed by atoms with Crippen LogP contribution in [0.2, 0.25) is 0 Å². The molecule has 374 valence electrons. The lowest BCUT2D eigenvalue weighted by Crippen LogP contribution is -1.98. The largest absolute Gasteiger partial charge is 0.256 e. The van der Waals surface area contributed by atoms with E-state index in [1.54, 1.807) is 0 Å². The Bertz CT molecular complexity index is 4400. The summed E-state index contributed by atoms with van der Waals surface area (Å²) in [7, 11) is 0. The number of thiophene rings is 1. The molecular formula is C73H51N5S. The molecule has 0 saturated carbocycles. The van der Waals surface area contributed by atoms with Crippen molar-refractivity contribution in [1.29, 1.82) is 0 Å². The van der Waals surface area contributed by atoms with E-state index >= 15 is 0 Å². The van der Waals surface area contributed by atoms with Gasteiger partial charge in [-0.1, -0.05) is 188 Å². The Hall–Kier alpha value is -10.0. The second-order valence-electron chi connectivity index (χ2n) is 20.1. The van der Waals surface area contributed by atoms with Gasteiger partial charge in [0.25, 0.3) is 0 Å². The van der Waals surface area contributed by atoms with Gasteiger partial charge in [0, 0.05) is 60.0 Å². The molecule has 14 rings (SSSR count). The average Bonchev–Trinajstić information content (AvgIpc) is 4.40. The first-order chi connectivity index (χ1) is 39.0. The van der Waals surface area contributed by atoms with Crippen molar-refractivity contribution in [2.24, 2.45) is 0 Å². The summed E-state index contributed by atoms with van der Waals surface area (Å²) in [5, 5.41) is 12.4. The SMILES string of the molecule is Cc1c(-c2ccccc2-c2cc(-c3ccccc3-c3ccc(-c4cccc(-c5ccc6c(c5)sc5cc(-c7ccccc7)ccc56)c4)nc3)cc(-c3ccccc3-c3cnn(-c4ccccc4)c3C)c2)cnn1-c1ccccc1. The molecule has 5 nitrogen and oxygen atoms in total. The molecule has 79 heavy (non-hydrogen) atoms. The molecule has 0 N–H and O–H groups in total. The van der Waals surface area contributed by atoms with Crippen LogP contribution in [0, 0.1) is 13.8 Å². The average molecular weight is 1030 g/mol. The van der Waals surface area contributed by atoms with E-state index in [9.17, 15) is 0 Å². The molecular weight excluding hydrogens is 979 g/mol. The molecule has 6 heteroatoms. The van der Waals surface area contributed by atoms with Gasteiger partial charge in [-0.2, -0.15) is 10.2 Å². The van der Waals surface area contributed by atoms with Crippen LogP contribution >= 0.6 is 11.3 Å². The lowest BCUT2D eigenvalue weighted by atomic mass is 9.86. The molecule has 0 aliphatic heterocycles. The van der Waals surface area contributed by atoms with Gasteiger partial charge in [0.1, 0.15) is 0 Å². The molecule has 0 aliphatic rings. The summed E-state index contributed by atoms with van der Waals surface area (Å²) in [5.41, 5.74) is 24.3. The van der Waals surface area contributed by atoms with Gasteiger partial charge in [0.2, 0.25) is 0 Å². The fourth-order valence-corrected chi connectivity index (χ4v) is 12.6. The normalized spacial score (nSPS) is 11.4. The van der Waals surface area contributed by atoms with Gasteiger partial charge >= 0.3 is 0 Å². The van der Waals surface area contributed by atoms with Crippen molar-refractivity contribution in [3.63, 3.8) is 0 Å². The minimum Gasteiger partial charge on any atom is -0.256 e. The molecule has 4 heterocycles. The minimum absolute atomic E-state index is 0.925. The smallest absolute Gasteiger partial charge is 0.0702 e. The lowest BCUT2D eigenvalue weighted by Gasteiger charge is -2.18. The predicted octanol–water partition coefficient (Wildman–Crippen LogP) is 19.4. The maximum Gasteiger partial charge on any atom is 0.0702 e. The quantitative estimate of drug-likeness (QED) is 0.130. The maximum absolute atomic E-state index is 5.18. The summed E-state index contributed by atoms with van der Waals surface area (Å²) >= 11 is 1.86. The highest BCUT2D eigenvalue weighted by atomic mass is 32.1. The van der Waals surface area contributed by atoms with Crippen LogP contribution in [-0.2, 0) is 0 Å². The highest BCUT2D eigenvalue weighted by molar-refractivity contribution is 7.25. The van der Waals surface area contributed by atoms with Crippen LogP contribution in [0.5, 0.6) is 0 Å². The Morgan fingerprint density at radius 2 is 0.658 bits per heavy atom. The Morgan fingerprint density at radius 1 is 0.278 bits per heavy atom. The van der Waals surface area contributed by atoms with Gasteiger partial charge < -0.3 is 0 Å². The summed E-state index contributed by atoms with van der Waals surface area (Å²) < 4.78 is 6.64. The monoisotopic (exact) mass is 1030 g/mol. The maximum atomic E-state index is 5.18. The molecule has 0 spiro atoms. The molecule has 0 amide bonds. The van der Waals surface area contributed by atoms with Crippen LogP contribution in [0.25, 0.3) is 132 Å². The fraction of sp³-hybridized carbons (Fsp3) is 0.0274. The minimum atomic E-state index is 0.925. The molecule has 0 radical (unpaired) electrons. The van der Waals surface area contributed by atoms with Crippen LogP contribution in [0.1, 0.15) is 11.4 Å². The van der Waals surface area contributed by atoms with Gasteiger partial charge in [-0.05, 0) is 153 Å². The Balaban J connectivity index is 0.844. The van der Waals surface area contributed by atoms with Crippen LogP contribution in [0.15, 0.2) is 273 Å². The van der Waals surface area contributed by atoms with E-state index in [4.69, 9.17) is 15.2 Å².